The van der Waals surface area contributed by atoms with Crippen LogP contribution in [0.2, 0.25) is 0 Å². The Bertz CT molecular complexity index is 960. The number of piperazine rings is 1. The SMILES string of the molecule is COc1cccc(N2CCNCC2CC2CN3C(=O)Nc4ccccc4C3=N2)c1. The minimum absolute atomic E-state index is 0.0833. The molecular weight excluding hydrogens is 366 g/mol. The maximum atomic E-state index is 12.5. The zero-order chi connectivity index (χ0) is 19.8. The van der Waals surface area contributed by atoms with Gasteiger partial charge in [-0.1, -0.05) is 18.2 Å². The molecule has 2 unspecified atom stereocenters. The molecule has 5 rings (SSSR count). The van der Waals surface area contributed by atoms with Gasteiger partial charge in [-0.05, 0) is 30.7 Å². The number of amidine groups is 1. The predicted molar refractivity (Wildman–Crippen MR) is 114 cm³/mol. The van der Waals surface area contributed by atoms with Gasteiger partial charge >= 0.3 is 6.03 Å². The highest BCUT2D eigenvalue weighted by Crippen LogP contribution is 2.30. The molecule has 0 radical (unpaired) electrons. The van der Waals surface area contributed by atoms with Crippen molar-refractivity contribution in [3.8, 4) is 5.75 Å². The van der Waals surface area contributed by atoms with Gasteiger partial charge in [0.25, 0.3) is 0 Å². The van der Waals surface area contributed by atoms with Crippen LogP contribution in [0.15, 0.2) is 53.5 Å². The first-order valence-corrected chi connectivity index (χ1v) is 10.1. The van der Waals surface area contributed by atoms with E-state index in [-0.39, 0.29) is 12.1 Å². The highest BCUT2D eigenvalue weighted by Gasteiger charge is 2.37. The van der Waals surface area contributed by atoms with E-state index >= 15 is 0 Å². The molecule has 0 spiro atoms. The largest absolute Gasteiger partial charge is 0.497 e. The van der Waals surface area contributed by atoms with Crippen LogP contribution >= 0.6 is 0 Å². The molecule has 3 heterocycles. The molecule has 0 aromatic heterocycles. The van der Waals surface area contributed by atoms with Gasteiger partial charge in [-0.25, -0.2) is 4.79 Å². The number of fused-ring (bicyclic) bond motifs is 3. The van der Waals surface area contributed by atoms with E-state index in [9.17, 15) is 4.79 Å². The number of ether oxygens (including phenoxy) is 1. The van der Waals surface area contributed by atoms with Gasteiger partial charge in [0.05, 0.1) is 25.4 Å². The van der Waals surface area contributed by atoms with Crippen molar-refractivity contribution in [3.63, 3.8) is 0 Å². The number of urea groups is 1. The number of carbonyl (C=O) groups is 1. The number of carbonyl (C=O) groups excluding carboxylic acids is 1. The molecule has 0 aliphatic carbocycles. The summed E-state index contributed by atoms with van der Waals surface area (Å²) in [6, 6.07) is 16.4. The van der Waals surface area contributed by atoms with Crippen molar-refractivity contribution in [1.29, 1.82) is 0 Å². The van der Waals surface area contributed by atoms with Gasteiger partial charge in [0.2, 0.25) is 0 Å². The van der Waals surface area contributed by atoms with Gasteiger partial charge in [-0.15, -0.1) is 0 Å². The van der Waals surface area contributed by atoms with E-state index in [2.05, 4.69) is 27.7 Å². The summed E-state index contributed by atoms with van der Waals surface area (Å²) in [6.07, 6.45) is 0.889. The Kier molecular flexibility index (Phi) is 4.60. The van der Waals surface area contributed by atoms with Gasteiger partial charge in [0.15, 0.2) is 0 Å². The van der Waals surface area contributed by atoms with Crippen LogP contribution in [0, 0.1) is 0 Å². The Morgan fingerprint density at radius 1 is 1.21 bits per heavy atom. The monoisotopic (exact) mass is 391 g/mol. The smallest absolute Gasteiger partial charge is 0.327 e. The van der Waals surface area contributed by atoms with E-state index in [1.54, 1.807) is 12.0 Å². The second kappa shape index (κ2) is 7.40. The third kappa shape index (κ3) is 3.31. The van der Waals surface area contributed by atoms with E-state index in [4.69, 9.17) is 9.73 Å². The normalized spacial score (nSPS) is 23.2. The lowest BCUT2D eigenvalue weighted by Gasteiger charge is -2.39. The lowest BCUT2D eigenvalue weighted by Crippen LogP contribution is -2.53. The van der Waals surface area contributed by atoms with Crippen molar-refractivity contribution in [1.82, 2.24) is 10.2 Å². The number of hydrogen-bond donors (Lipinski definition) is 2. The summed E-state index contributed by atoms with van der Waals surface area (Å²) in [4.78, 5) is 21.7. The summed E-state index contributed by atoms with van der Waals surface area (Å²) < 4.78 is 5.41. The molecule has 2 aromatic carbocycles. The van der Waals surface area contributed by atoms with Crippen molar-refractivity contribution >= 4 is 23.2 Å². The topological polar surface area (TPSA) is 69.2 Å². The second-order valence-corrected chi connectivity index (χ2v) is 7.68. The molecule has 3 aliphatic heterocycles. The van der Waals surface area contributed by atoms with E-state index in [0.717, 1.165) is 48.9 Å². The van der Waals surface area contributed by atoms with Crippen LogP contribution < -0.4 is 20.3 Å². The molecule has 0 saturated carbocycles. The van der Waals surface area contributed by atoms with E-state index in [1.165, 1.54) is 5.69 Å². The first kappa shape index (κ1) is 18.0. The van der Waals surface area contributed by atoms with Crippen LogP contribution in [-0.4, -0.2) is 62.1 Å². The summed E-state index contributed by atoms with van der Waals surface area (Å²) in [6.45, 7) is 3.42. The van der Waals surface area contributed by atoms with Crippen molar-refractivity contribution in [3.05, 3.63) is 54.1 Å². The highest BCUT2D eigenvalue weighted by molar-refractivity contribution is 6.19. The van der Waals surface area contributed by atoms with Crippen molar-refractivity contribution in [2.24, 2.45) is 4.99 Å². The van der Waals surface area contributed by atoms with Crippen molar-refractivity contribution < 1.29 is 9.53 Å². The number of methoxy groups -OCH3 is 1. The molecule has 2 aromatic rings. The maximum Gasteiger partial charge on any atom is 0.327 e. The highest BCUT2D eigenvalue weighted by atomic mass is 16.5. The van der Waals surface area contributed by atoms with Gasteiger partial charge in [-0.3, -0.25) is 9.89 Å². The summed E-state index contributed by atoms with van der Waals surface area (Å²) in [7, 11) is 1.70. The summed E-state index contributed by atoms with van der Waals surface area (Å²) in [5.41, 5.74) is 3.01. The molecule has 150 valence electrons. The molecule has 2 N–H and O–H groups in total. The molecule has 7 heteroatoms. The zero-order valence-corrected chi connectivity index (χ0v) is 16.5. The van der Waals surface area contributed by atoms with Crippen molar-refractivity contribution in [2.45, 2.75) is 18.5 Å². The predicted octanol–water partition coefficient (Wildman–Crippen LogP) is 2.54. The zero-order valence-electron chi connectivity index (χ0n) is 16.5. The molecule has 7 nitrogen and oxygen atoms in total. The first-order chi connectivity index (χ1) is 14.2. The molecule has 2 atom stereocenters. The van der Waals surface area contributed by atoms with Gasteiger partial charge in [0, 0.05) is 43.0 Å². The van der Waals surface area contributed by atoms with Crippen LogP contribution in [0.1, 0.15) is 12.0 Å². The lowest BCUT2D eigenvalue weighted by molar-refractivity contribution is 0.233. The average Bonchev–Trinajstić information content (AvgIpc) is 3.19. The fraction of sp³-hybridized carbons (Fsp3) is 0.364. The van der Waals surface area contributed by atoms with E-state index in [0.29, 0.717) is 12.6 Å². The Hall–Kier alpha value is -3.06. The molecule has 29 heavy (non-hydrogen) atoms. The molecule has 1 saturated heterocycles. The van der Waals surface area contributed by atoms with E-state index < -0.39 is 0 Å². The van der Waals surface area contributed by atoms with Gasteiger partial charge in [-0.2, -0.15) is 0 Å². The fourth-order valence-corrected chi connectivity index (χ4v) is 4.49. The molecule has 2 amide bonds. The minimum Gasteiger partial charge on any atom is -0.497 e. The quantitative estimate of drug-likeness (QED) is 0.841. The van der Waals surface area contributed by atoms with Crippen LogP contribution in [0.5, 0.6) is 5.75 Å². The van der Waals surface area contributed by atoms with Crippen LogP contribution in [0.25, 0.3) is 0 Å². The Balaban J connectivity index is 1.38. The fourth-order valence-electron chi connectivity index (χ4n) is 4.49. The molecule has 3 aliphatic rings. The van der Waals surface area contributed by atoms with E-state index in [1.807, 2.05) is 36.4 Å². The van der Waals surface area contributed by atoms with Crippen LogP contribution in [0.4, 0.5) is 16.2 Å². The minimum atomic E-state index is -0.0867. The number of amides is 2. The number of para-hydroxylation sites is 1. The van der Waals surface area contributed by atoms with Gasteiger partial charge in [0.1, 0.15) is 11.6 Å². The van der Waals surface area contributed by atoms with Gasteiger partial charge < -0.3 is 20.3 Å². The lowest BCUT2D eigenvalue weighted by atomic mass is 10.0. The maximum absolute atomic E-state index is 12.5. The number of hydrogen-bond acceptors (Lipinski definition) is 5. The summed E-state index contributed by atoms with van der Waals surface area (Å²) in [5, 5.41) is 6.48. The average molecular weight is 391 g/mol. The Labute approximate surface area is 170 Å². The summed E-state index contributed by atoms with van der Waals surface area (Å²) >= 11 is 0. The van der Waals surface area contributed by atoms with Crippen LogP contribution in [0.3, 0.4) is 0 Å². The molecule has 1 fully saturated rings. The molecule has 0 bridgehead atoms. The third-order valence-electron chi connectivity index (χ3n) is 5.89. The number of aliphatic imine (C=N–C) groups is 1. The first-order valence-electron chi connectivity index (χ1n) is 10.1. The third-order valence-corrected chi connectivity index (χ3v) is 5.89. The number of rotatable bonds is 4. The number of nitrogens with one attached hydrogen (secondary N) is 2. The number of anilines is 2. The number of benzene rings is 2. The standard InChI is InChI=1S/C22H25N5O2/c1-29-18-6-4-5-16(12-18)26-10-9-23-13-17(26)11-15-14-27-21(24-15)19-7-2-3-8-20(19)25-22(27)28/h2-8,12,15,17,23H,9-11,13-14H2,1H3,(H,25,28). The molecular formula is C22H25N5O2. The van der Waals surface area contributed by atoms with Crippen molar-refractivity contribution in [2.75, 3.05) is 43.5 Å². The second-order valence-electron chi connectivity index (χ2n) is 7.68. The Morgan fingerprint density at radius 3 is 3.00 bits per heavy atom. The van der Waals surface area contributed by atoms with Crippen LogP contribution in [-0.2, 0) is 0 Å². The Morgan fingerprint density at radius 2 is 2.10 bits per heavy atom. The summed E-state index contributed by atoms with van der Waals surface area (Å²) in [5.74, 6) is 1.66. The number of nitrogens with zero attached hydrogens (tertiary/aromatic N) is 3.